The third kappa shape index (κ3) is 2.91. The standard InChI is InChI=1S/C12H13ClN2O2S2/c1-3-15(10-6-4-5-9(2)7-10)19(16,17)11-8-14-12(13)18-11/h4-8H,3H2,1-2H3. The third-order valence-electron chi connectivity index (χ3n) is 2.58. The van der Waals surface area contributed by atoms with Gasteiger partial charge in [0.1, 0.15) is 0 Å². The fourth-order valence-corrected chi connectivity index (χ4v) is 4.62. The molecular weight excluding hydrogens is 304 g/mol. The van der Waals surface area contributed by atoms with E-state index in [1.165, 1.54) is 10.5 Å². The molecule has 0 N–H and O–H groups in total. The van der Waals surface area contributed by atoms with Gasteiger partial charge in [0.25, 0.3) is 10.0 Å². The van der Waals surface area contributed by atoms with E-state index in [1.54, 1.807) is 13.0 Å². The normalized spacial score (nSPS) is 11.5. The average molecular weight is 317 g/mol. The maximum absolute atomic E-state index is 12.5. The second-order valence-corrected chi connectivity index (χ2v) is 7.64. The number of anilines is 1. The summed E-state index contributed by atoms with van der Waals surface area (Å²) in [5.41, 5.74) is 1.65. The highest BCUT2D eigenvalue weighted by molar-refractivity contribution is 7.94. The lowest BCUT2D eigenvalue weighted by molar-refractivity contribution is 0.593. The zero-order chi connectivity index (χ0) is 14.0. The molecule has 0 saturated heterocycles. The Labute approximate surface area is 121 Å². The molecule has 2 rings (SSSR count). The van der Waals surface area contributed by atoms with Crippen LogP contribution in [0.2, 0.25) is 4.47 Å². The van der Waals surface area contributed by atoms with E-state index in [1.807, 2.05) is 25.1 Å². The van der Waals surface area contributed by atoms with Gasteiger partial charge < -0.3 is 0 Å². The summed E-state index contributed by atoms with van der Waals surface area (Å²) in [5, 5.41) is 0. The summed E-state index contributed by atoms with van der Waals surface area (Å²) >= 11 is 6.67. The smallest absolute Gasteiger partial charge is 0.266 e. The molecule has 0 aliphatic carbocycles. The lowest BCUT2D eigenvalue weighted by Crippen LogP contribution is -2.30. The molecular formula is C12H13ClN2O2S2. The Kier molecular flexibility index (Phi) is 4.13. The highest BCUT2D eigenvalue weighted by atomic mass is 35.5. The number of thiazole rings is 1. The number of nitrogens with zero attached hydrogens (tertiary/aromatic N) is 2. The Bertz CT molecular complexity index is 683. The minimum atomic E-state index is -3.60. The number of aromatic nitrogens is 1. The first-order chi connectivity index (χ1) is 8.95. The maximum Gasteiger partial charge on any atom is 0.275 e. The highest BCUT2D eigenvalue weighted by Crippen LogP contribution is 2.29. The van der Waals surface area contributed by atoms with Gasteiger partial charge in [0, 0.05) is 6.54 Å². The van der Waals surface area contributed by atoms with E-state index in [4.69, 9.17) is 11.6 Å². The number of sulfonamides is 1. The van der Waals surface area contributed by atoms with Gasteiger partial charge in [0.05, 0.1) is 11.9 Å². The highest BCUT2D eigenvalue weighted by Gasteiger charge is 2.25. The Morgan fingerprint density at radius 2 is 2.16 bits per heavy atom. The molecule has 102 valence electrons. The summed E-state index contributed by atoms with van der Waals surface area (Å²) in [6.07, 6.45) is 1.29. The van der Waals surface area contributed by atoms with Crippen LogP contribution in [0.1, 0.15) is 12.5 Å². The average Bonchev–Trinajstić information content (AvgIpc) is 2.77. The van der Waals surface area contributed by atoms with Crippen LogP contribution in [0.3, 0.4) is 0 Å². The molecule has 19 heavy (non-hydrogen) atoms. The second-order valence-electron chi connectivity index (χ2n) is 3.94. The van der Waals surface area contributed by atoms with E-state index in [-0.39, 0.29) is 8.68 Å². The van der Waals surface area contributed by atoms with Crippen LogP contribution in [0.15, 0.2) is 34.7 Å². The molecule has 1 aromatic carbocycles. The van der Waals surface area contributed by atoms with Crippen LogP contribution >= 0.6 is 22.9 Å². The van der Waals surface area contributed by atoms with Crippen molar-refractivity contribution in [1.29, 1.82) is 0 Å². The molecule has 0 radical (unpaired) electrons. The number of aryl methyl sites for hydroxylation is 1. The van der Waals surface area contributed by atoms with Gasteiger partial charge in [0.2, 0.25) is 0 Å². The van der Waals surface area contributed by atoms with Crippen molar-refractivity contribution in [2.24, 2.45) is 0 Å². The van der Waals surface area contributed by atoms with Crippen molar-refractivity contribution in [2.75, 3.05) is 10.8 Å². The molecule has 4 nitrogen and oxygen atoms in total. The fourth-order valence-electron chi connectivity index (χ4n) is 1.74. The Balaban J connectivity index is 2.47. The van der Waals surface area contributed by atoms with Crippen molar-refractivity contribution in [3.05, 3.63) is 40.5 Å². The minimum Gasteiger partial charge on any atom is -0.266 e. The van der Waals surface area contributed by atoms with E-state index in [0.717, 1.165) is 16.9 Å². The molecule has 0 spiro atoms. The first-order valence-corrected chi connectivity index (χ1v) is 8.29. The van der Waals surface area contributed by atoms with Gasteiger partial charge in [-0.25, -0.2) is 13.4 Å². The molecule has 0 amide bonds. The summed E-state index contributed by atoms with van der Waals surface area (Å²) < 4.78 is 26.8. The second kappa shape index (κ2) is 5.48. The summed E-state index contributed by atoms with van der Waals surface area (Å²) in [5.74, 6) is 0. The van der Waals surface area contributed by atoms with Crippen LogP contribution in [0.5, 0.6) is 0 Å². The van der Waals surface area contributed by atoms with Crippen molar-refractivity contribution in [2.45, 2.75) is 18.1 Å². The number of hydrogen-bond donors (Lipinski definition) is 0. The number of rotatable bonds is 4. The minimum absolute atomic E-state index is 0.154. The van der Waals surface area contributed by atoms with Gasteiger partial charge >= 0.3 is 0 Å². The lowest BCUT2D eigenvalue weighted by atomic mass is 10.2. The summed E-state index contributed by atoms with van der Waals surface area (Å²) in [6, 6.07) is 7.37. The number of benzene rings is 1. The van der Waals surface area contributed by atoms with Crippen molar-refractivity contribution >= 4 is 38.6 Å². The molecule has 7 heteroatoms. The largest absolute Gasteiger partial charge is 0.275 e. The third-order valence-corrected chi connectivity index (χ3v) is 6.03. The summed E-state index contributed by atoms with van der Waals surface area (Å²) in [4.78, 5) is 3.79. The van der Waals surface area contributed by atoms with Gasteiger partial charge in [-0.3, -0.25) is 4.31 Å². The van der Waals surface area contributed by atoms with E-state index in [9.17, 15) is 8.42 Å². The molecule has 0 atom stereocenters. The van der Waals surface area contributed by atoms with Gasteiger partial charge in [0.15, 0.2) is 8.68 Å². The van der Waals surface area contributed by atoms with Crippen LogP contribution in [0, 0.1) is 6.92 Å². The van der Waals surface area contributed by atoms with Gasteiger partial charge in [-0.2, -0.15) is 0 Å². The van der Waals surface area contributed by atoms with E-state index in [0.29, 0.717) is 12.2 Å². The van der Waals surface area contributed by atoms with E-state index < -0.39 is 10.0 Å². The van der Waals surface area contributed by atoms with Crippen molar-refractivity contribution in [3.8, 4) is 0 Å². The maximum atomic E-state index is 12.5. The van der Waals surface area contributed by atoms with Crippen LogP contribution in [-0.2, 0) is 10.0 Å². The summed E-state index contributed by atoms with van der Waals surface area (Å²) in [6.45, 7) is 4.07. The predicted octanol–water partition coefficient (Wildman–Crippen LogP) is 3.32. The lowest BCUT2D eigenvalue weighted by Gasteiger charge is -2.22. The van der Waals surface area contributed by atoms with Crippen LogP contribution in [-0.4, -0.2) is 19.9 Å². The quantitative estimate of drug-likeness (QED) is 0.869. The zero-order valence-electron chi connectivity index (χ0n) is 10.5. The van der Waals surface area contributed by atoms with Gasteiger partial charge in [-0.05, 0) is 31.5 Å². The molecule has 2 aromatic rings. The van der Waals surface area contributed by atoms with Gasteiger partial charge in [-0.15, -0.1) is 0 Å². The van der Waals surface area contributed by atoms with Crippen molar-refractivity contribution in [1.82, 2.24) is 4.98 Å². The molecule has 0 aliphatic rings. The zero-order valence-corrected chi connectivity index (χ0v) is 12.9. The molecule has 0 fully saturated rings. The molecule has 0 bridgehead atoms. The molecule has 0 saturated carbocycles. The molecule has 1 heterocycles. The van der Waals surface area contributed by atoms with Gasteiger partial charge in [-0.1, -0.05) is 35.1 Å². The monoisotopic (exact) mass is 316 g/mol. The molecule has 0 aliphatic heterocycles. The van der Waals surface area contributed by atoms with Crippen molar-refractivity contribution in [3.63, 3.8) is 0 Å². The SMILES string of the molecule is CCN(c1cccc(C)c1)S(=O)(=O)c1cnc(Cl)s1. The first kappa shape index (κ1) is 14.3. The summed E-state index contributed by atoms with van der Waals surface area (Å²) in [7, 11) is -3.60. The Hall–Kier alpha value is -1.11. The molecule has 0 unspecified atom stereocenters. The van der Waals surface area contributed by atoms with E-state index in [2.05, 4.69) is 4.98 Å². The van der Waals surface area contributed by atoms with E-state index >= 15 is 0 Å². The number of hydrogen-bond acceptors (Lipinski definition) is 4. The van der Waals surface area contributed by atoms with Crippen LogP contribution < -0.4 is 4.31 Å². The first-order valence-electron chi connectivity index (χ1n) is 5.66. The fraction of sp³-hybridized carbons (Fsp3) is 0.250. The number of halogens is 1. The Morgan fingerprint density at radius 1 is 1.42 bits per heavy atom. The van der Waals surface area contributed by atoms with Crippen molar-refractivity contribution < 1.29 is 8.42 Å². The molecule has 1 aromatic heterocycles. The topological polar surface area (TPSA) is 50.3 Å². The Morgan fingerprint density at radius 3 is 2.68 bits per heavy atom. The van der Waals surface area contributed by atoms with Crippen LogP contribution in [0.25, 0.3) is 0 Å². The predicted molar refractivity (Wildman–Crippen MR) is 78.5 cm³/mol. The van der Waals surface area contributed by atoms with Crippen LogP contribution in [0.4, 0.5) is 5.69 Å².